The SMILES string of the molecule is CC(C)O[C@H]1C[C@@H](CCN2CCC3(CC2)CCN(C(C)C)CC3)C1. The third-order valence-electron chi connectivity index (χ3n) is 7.02. The van der Waals surface area contributed by atoms with Gasteiger partial charge in [-0.25, -0.2) is 0 Å². The van der Waals surface area contributed by atoms with Gasteiger partial charge in [0.2, 0.25) is 0 Å². The molecule has 3 heteroatoms. The molecule has 2 aliphatic heterocycles. The summed E-state index contributed by atoms with van der Waals surface area (Å²) in [7, 11) is 0. The smallest absolute Gasteiger partial charge is 0.0584 e. The average Bonchev–Trinajstić information content (AvgIpc) is 2.51. The van der Waals surface area contributed by atoms with E-state index in [4.69, 9.17) is 4.74 Å². The van der Waals surface area contributed by atoms with E-state index in [-0.39, 0.29) is 0 Å². The molecule has 0 unspecified atom stereocenters. The Balaban J connectivity index is 1.31. The van der Waals surface area contributed by atoms with Crippen molar-refractivity contribution in [1.82, 2.24) is 9.80 Å². The molecule has 0 aromatic rings. The molecule has 3 nitrogen and oxygen atoms in total. The van der Waals surface area contributed by atoms with E-state index in [1.54, 1.807) is 0 Å². The summed E-state index contributed by atoms with van der Waals surface area (Å²) in [6.45, 7) is 15.7. The minimum Gasteiger partial charge on any atom is -0.376 e. The van der Waals surface area contributed by atoms with Gasteiger partial charge in [-0.05, 0) is 117 Å². The van der Waals surface area contributed by atoms with Crippen LogP contribution in [0.3, 0.4) is 0 Å². The molecule has 1 aliphatic carbocycles. The molecule has 140 valence electrons. The lowest BCUT2D eigenvalue weighted by Crippen LogP contribution is -2.48. The van der Waals surface area contributed by atoms with Crippen molar-refractivity contribution in [1.29, 1.82) is 0 Å². The second-order valence-electron chi connectivity index (χ2n) is 9.40. The minimum atomic E-state index is 0.399. The molecule has 3 rings (SSSR count). The molecule has 0 atom stereocenters. The van der Waals surface area contributed by atoms with Crippen molar-refractivity contribution in [3.8, 4) is 0 Å². The van der Waals surface area contributed by atoms with Crippen molar-refractivity contribution in [3.63, 3.8) is 0 Å². The quantitative estimate of drug-likeness (QED) is 0.724. The molecule has 3 aliphatic rings. The first kappa shape index (κ1) is 18.7. The number of ether oxygens (including phenoxy) is 1. The summed E-state index contributed by atoms with van der Waals surface area (Å²) in [6, 6.07) is 0.730. The van der Waals surface area contributed by atoms with Crippen LogP contribution in [0.2, 0.25) is 0 Å². The van der Waals surface area contributed by atoms with Crippen molar-refractivity contribution < 1.29 is 4.74 Å². The van der Waals surface area contributed by atoms with Crippen LogP contribution in [0.4, 0.5) is 0 Å². The van der Waals surface area contributed by atoms with E-state index >= 15 is 0 Å². The number of hydrogen-bond donors (Lipinski definition) is 0. The van der Waals surface area contributed by atoms with Crippen LogP contribution in [0.15, 0.2) is 0 Å². The molecule has 1 saturated carbocycles. The predicted molar refractivity (Wildman–Crippen MR) is 101 cm³/mol. The van der Waals surface area contributed by atoms with Gasteiger partial charge in [-0.2, -0.15) is 0 Å². The first-order valence-electron chi connectivity index (χ1n) is 10.6. The second kappa shape index (κ2) is 8.05. The largest absolute Gasteiger partial charge is 0.376 e. The van der Waals surface area contributed by atoms with Crippen LogP contribution < -0.4 is 0 Å². The van der Waals surface area contributed by atoms with Crippen molar-refractivity contribution in [2.75, 3.05) is 32.7 Å². The number of rotatable bonds is 6. The lowest BCUT2D eigenvalue weighted by molar-refractivity contribution is -0.0657. The molecule has 3 fully saturated rings. The molecule has 0 radical (unpaired) electrons. The van der Waals surface area contributed by atoms with E-state index in [1.165, 1.54) is 77.7 Å². The summed E-state index contributed by atoms with van der Waals surface area (Å²) in [5, 5.41) is 0. The normalized spacial score (nSPS) is 31.8. The van der Waals surface area contributed by atoms with Gasteiger partial charge in [0.15, 0.2) is 0 Å². The van der Waals surface area contributed by atoms with E-state index in [0.29, 0.717) is 17.6 Å². The molecule has 1 spiro atoms. The fourth-order valence-corrected chi connectivity index (χ4v) is 5.04. The van der Waals surface area contributed by atoms with Crippen LogP contribution in [-0.4, -0.2) is 60.8 Å². The number of piperidine rings is 2. The lowest BCUT2D eigenvalue weighted by Gasteiger charge is -2.48. The maximum Gasteiger partial charge on any atom is 0.0584 e. The first-order valence-corrected chi connectivity index (χ1v) is 10.6. The van der Waals surface area contributed by atoms with E-state index in [9.17, 15) is 0 Å². The van der Waals surface area contributed by atoms with Gasteiger partial charge in [0.05, 0.1) is 12.2 Å². The summed E-state index contributed by atoms with van der Waals surface area (Å²) in [5.41, 5.74) is 0.689. The number of nitrogens with zero attached hydrogens (tertiary/aromatic N) is 2. The highest BCUT2D eigenvalue weighted by Crippen LogP contribution is 2.42. The highest BCUT2D eigenvalue weighted by Gasteiger charge is 2.38. The molecular formula is C21H40N2O. The highest BCUT2D eigenvalue weighted by atomic mass is 16.5. The van der Waals surface area contributed by atoms with Crippen LogP contribution in [0.5, 0.6) is 0 Å². The van der Waals surface area contributed by atoms with Crippen LogP contribution in [-0.2, 0) is 4.74 Å². The molecule has 0 amide bonds. The zero-order valence-electron chi connectivity index (χ0n) is 16.6. The summed E-state index contributed by atoms with van der Waals surface area (Å²) < 4.78 is 5.89. The molecule has 0 aromatic carbocycles. The molecule has 2 saturated heterocycles. The Morgan fingerprint density at radius 1 is 0.917 bits per heavy atom. The van der Waals surface area contributed by atoms with Gasteiger partial charge in [-0.15, -0.1) is 0 Å². The van der Waals surface area contributed by atoms with Gasteiger partial charge in [0.25, 0.3) is 0 Å². The van der Waals surface area contributed by atoms with Gasteiger partial charge in [-0.1, -0.05) is 0 Å². The zero-order chi connectivity index (χ0) is 17.2. The minimum absolute atomic E-state index is 0.399. The van der Waals surface area contributed by atoms with Crippen molar-refractivity contribution in [3.05, 3.63) is 0 Å². The molecular weight excluding hydrogens is 296 g/mol. The Morgan fingerprint density at radius 2 is 1.50 bits per heavy atom. The Bertz CT molecular complexity index is 371. The lowest BCUT2D eigenvalue weighted by atomic mass is 9.71. The number of hydrogen-bond acceptors (Lipinski definition) is 3. The van der Waals surface area contributed by atoms with Crippen molar-refractivity contribution in [2.24, 2.45) is 11.3 Å². The van der Waals surface area contributed by atoms with E-state index in [2.05, 4.69) is 37.5 Å². The predicted octanol–water partition coefficient (Wildman–Crippen LogP) is 4.17. The van der Waals surface area contributed by atoms with Gasteiger partial charge in [-0.3, -0.25) is 0 Å². The van der Waals surface area contributed by atoms with Crippen LogP contribution >= 0.6 is 0 Å². The van der Waals surface area contributed by atoms with Gasteiger partial charge in [0, 0.05) is 6.04 Å². The third-order valence-corrected chi connectivity index (χ3v) is 7.02. The molecule has 0 N–H and O–H groups in total. The van der Waals surface area contributed by atoms with Crippen molar-refractivity contribution in [2.45, 2.75) is 90.9 Å². The van der Waals surface area contributed by atoms with Crippen molar-refractivity contribution >= 4 is 0 Å². The van der Waals surface area contributed by atoms with E-state index in [0.717, 1.165) is 12.0 Å². The summed E-state index contributed by atoms with van der Waals surface area (Å²) >= 11 is 0. The second-order valence-corrected chi connectivity index (χ2v) is 9.40. The Hall–Kier alpha value is -0.120. The highest BCUT2D eigenvalue weighted by molar-refractivity contribution is 4.91. The van der Waals surface area contributed by atoms with Gasteiger partial charge >= 0.3 is 0 Å². The Kier molecular flexibility index (Phi) is 6.26. The van der Waals surface area contributed by atoms with E-state index in [1.807, 2.05) is 0 Å². The molecule has 24 heavy (non-hydrogen) atoms. The first-order chi connectivity index (χ1) is 11.5. The molecule has 0 aromatic heterocycles. The van der Waals surface area contributed by atoms with Crippen LogP contribution in [0.25, 0.3) is 0 Å². The maximum atomic E-state index is 5.89. The average molecular weight is 337 g/mol. The number of likely N-dealkylation sites (tertiary alicyclic amines) is 2. The third kappa shape index (κ3) is 4.74. The standard InChI is InChI=1S/C21H40N2O/c1-17(2)23-13-8-21(9-14-23)6-11-22(12-7-21)10-5-19-15-20(16-19)24-18(3)4/h17-20H,5-16H2,1-4H3/t19-,20+. The Labute approximate surface area is 150 Å². The van der Waals surface area contributed by atoms with Crippen LogP contribution in [0.1, 0.15) is 72.6 Å². The Morgan fingerprint density at radius 3 is 2.04 bits per heavy atom. The van der Waals surface area contributed by atoms with Gasteiger partial charge in [0.1, 0.15) is 0 Å². The van der Waals surface area contributed by atoms with E-state index < -0.39 is 0 Å². The molecule has 2 heterocycles. The summed E-state index contributed by atoms with van der Waals surface area (Å²) in [5.74, 6) is 0.930. The molecule has 0 bridgehead atoms. The topological polar surface area (TPSA) is 15.7 Å². The van der Waals surface area contributed by atoms with Gasteiger partial charge < -0.3 is 14.5 Å². The zero-order valence-corrected chi connectivity index (χ0v) is 16.6. The van der Waals surface area contributed by atoms with Crippen LogP contribution in [0, 0.1) is 11.3 Å². The fourth-order valence-electron chi connectivity index (χ4n) is 5.04. The monoisotopic (exact) mass is 336 g/mol. The maximum absolute atomic E-state index is 5.89. The fraction of sp³-hybridized carbons (Fsp3) is 1.00. The summed E-state index contributed by atoms with van der Waals surface area (Å²) in [6.07, 6.45) is 10.7. The summed E-state index contributed by atoms with van der Waals surface area (Å²) in [4.78, 5) is 5.42.